The summed E-state index contributed by atoms with van der Waals surface area (Å²) >= 11 is 3.12. The van der Waals surface area contributed by atoms with Crippen molar-refractivity contribution in [3.63, 3.8) is 0 Å². The van der Waals surface area contributed by atoms with Crippen LogP contribution in [0.3, 0.4) is 0 Å². The molecule has 0 fully saturated rings. The van der Waals surface area contributed by atoms with Crippen LogP contribution in [0.4, 0.5) is 0 Å². The standard InChI is InChI=1S/C26H44BrNO3Te/c1-4-5-6-7-8-9-10-11-12-13-14-15-16-17-18-32-25-23-22(20-30-26(2,3)31-23)21(19-29)24(27)28-25/h29H,4-20H2,1-3H3. The molecule has 1 aromatic rings. The van der Waals surface area contributed by atoms with E-state index in [9.17, 15) is 5.11 Å². The Kier molecular flexibility index (Phi) is 14.1. The van der Waals surface area contributed by atoms with Crippen molar-refractivity contribution in [2.75, 3.05) is 0 Å². The molecule has 0 atom stereocenters. The number of pyridine rings is 1. The molecule has 0 radical (unpaired) electrons. The monoisotopic (exact) mass is 627 g/mol. The zero-order valence-electron chi connectivity index (χ0n) is 20.5. The van der Waals surface area contributed by atoms with Gasteiger partial charge in [0.15, 0.2) is 0 Å². The molecule has 0 aliphatic carbocycles. The molecular formula is C26H44BrNO3Te. The minimum absolute atomic E-state index is 0.0527. The Bertz CT molecular complexity index is 669. The maximum absolute atomic E-state index is 9.74. The van der Waals surface area contributed by atoms with E-state index in [2.05, 4.69) is 22.9 Å². The Hall–Kier alpha value is 0.140. The molecular weight excluding hydrogens is 582 g/mol. The van der Waals surface area contributed by atoms with Crippen molar-refractivity contribution < 1.29 is 14.6 Å². The maximum atomic E-state index is 9.74. The number of aliphatic hydroxyl groups excluding tert-OH is 1. The zero-order valence-corrected chi connectivity index (χ0v) is 24.4. The van der Waals surface area contributed by atoms with Crippen LogP contribution < -0.4 is 8.48 Å². The molecule has 1 aliphatic heterocycles. The van der Waals surface area contributed by atoms with Crippen LogP contribution >= 0.6 is 15.9 Å². The zero-order chi connectivity index (χ0) is 23.2. The van der Waals surface area contributed by atoms with E-state index < -0.39 is 26.7 Å². The van der Waals surface area contributed by atoms with Gasteiger partial charge in [-0.2, -0.15) is 0 Å². The van der Waals surface area contributed by atoms with E-state index in [4.69, 9.17) is 14.5 Å². The fourth-order valence-electron chi connectivity index (χ4n) is 4.10. The molecule has 32 heavy (non-hydrogen) atoms. The van der Waals surface area contributed by atoms with Gasteiger partial charge in [0.2, 0.25) is 0 Å². The van der Waals surface area contributed by atoms with Gasteiger partial charge in [-0.15, -0.1) is 0 Å². The Labute approximate surface area is 214 Å². The normalized spacial score (nSPS) is 14.9. The Morgan fingerprint density at radius 3 is 1.97 bits per heavy atom. The van der Waals surface area contributed by atoms with E-state index in [1.165, 1.54) is 94.4 Å². The summed E-state index contributed by atoms with van der Waals surface area (Å²) < 4.78 is 15.0. The summed E-state index contributed by atoms with van der Waals surface area (Å²) in [4.78, 5) is 4.76. The third-order valence-electron chi connectivity index (χ3n) is 6.09. The van der Waals surface area contributed by atoms with Gasteiger partial charge in [0.1, 0.15) is 0 Å². The molecule has 1 N–H and O–H groups in total. The Balaban J connectivity index is 1.58. The van der Waals surface area contributed by atoms with Crippen LogP contribution in [0.2, 0.25) is 4.47 Å². The molecule has 4 nitrogen and oxygen atoms in total. The molecule has 0 saturated carbocycles. The van der Waals surface area contributed by atoms with Gasteiger partial charge in [-0.05, 0) is 0 Å². The number of halogens is 1. The quantitative estimate of drug-likeness (QED) is 0.113. The molecule has 0 aromatic carbocycles. The van der Waals surface area contributed by atoms with Gasteiger partial charge >= 0.3 is 190 Å². The number of aliphatic hydroxyl groups is 1. The van der Waals surface area contributed by atoms with Crippen LogP contribution in [0.1, 0.15) is 122 Å². The van der Waals surface area contributed by atoms with Crippen molar-refractivity contribution in [1.29, 1.82) is 0 Å². The first-order chi connectivity index (χ1) is 15.5. The number of hydrogen-bond acceptors (Lipinski definition) is 4. The number of rotatable bonds is 17. The molecule has 2 heterocycles. The van der Waals surface area contributed by atoms with Gasteiger partial charge in [0.25, 0.3) is 0 Å². The minimum atomic E-state index is -0.633. The second-order valence-corrected chi connectivity index (χ2v) is 13.2. The predicted molar refractivity (Wildman–Crippen MR) is 138 cm³/mol. The second-order valence-electron chi connectivity index (χ2n) is 9.39. The van der Waals surface area contributed by atoms with Crippen molar-refractivity contribution in [2.45, 2.75) is 134 Å². The number of fused-ring (bicyclic) bond motifs is 1. The molecule has 0 bridgehead atoms. The summed E-state index contributed by atoms with van der Waals surface area (Å²) in [6.45, 7) is 6.58. The third kappa shape index (κ3) is 10.2. The summed E-state index contributed by atoms with van der Waals surface area (Å²) in [5.74, 6) is 0.243. The first kappa shape index (κ1) is 28.4. The van der Waals surface area contributed by atoms with Crippen molar-refractivity contribution in [1.82, 2.24) is 4.98 Å². The van der Waals surface area contributed by atoms with E-state index in [1.54, 1.807) is 0 Å². The molecule has 0 amide bonds. The van der Waals surface area contributed by atoms with E-state index in [1.807, 2.05) is 13.8 Å². The SMILES string of the molecule is CCCCCCCCCCCCCCCC[Te]c1nc(Br)c(CO)c2c1OC(C)(C)OC2. The number of ether oxygens (including phenoxy) is 2. The fourth-order valence-corrected chi connectivity index (χ4v) is 7.84. The van der Waals surface area contributed by atoms with Gasteiger partial charge < -0.3 is 0 Å². The summed E-state index contributed by atoms with van der Waals surface area (Å²) in [6, 6.07) is 0. The van der Waals surface area contributed by atoms with E-state index >= 15 is 0 Å². The Morgan fingerprint density at radius 2 is 1.44 bits per heavy atom. The summed E-state index contributed by atoms with van der Waals surface area (Å²) in [5, 5.41) is 9.74. The molecule has 184 valence electrons. The molecule has 0 unspecified atom stereocenters. The van der Waals surface area contributed by atoms with E-state index in [-0.39, 0.29) is 6.61 Å². The van der Waals surface area contributed by atoms with Gasteiger partial charge in [-0.25, -0.2) is 0 Å². The number of hydrogen-bond donors (Lipinski definition) is 1. The predicted octanol–water partition coefficient (Wildman–Crippen LogP) is 7.21. The van der Waals surface area contributed by atoms with Crippen LogP contribution in [0.15, 0.2) is 4.60 Å². The summed E-state index contributed by atoms with van der Waals surface area (Å²) in [7, 11) is 0. The van der Waals surface area contributed by atoms with Crippen molar-refractivity contribution in [2.24, 2.45) is 0 Å². The average Bonchev–Trinajstić information content (AvgIpc) is 2.76. The number of nitrogens with zero attached hydrogens (tertiary/aromatic N) is 1. The van der Waals surface area contributed by atoms with Gasteiger partial charge in [-0.3, -0.25) is 0 Å². The third-order valence-corrected chi connectivity index (χ3v) is 9.72. The van der Waals surface area contributed by atoms with Crippen LogP contribution in [-0.2, 0) is 18.0 Å². The molecule has 0 spiro atoms. The van der Waals surface area contributed by atoms with Crippen molar-refractivity contribution in [3.8, 4) is 5.75 Å². The van der Waals surface area contributed by atoms with E-state index in [0.717, 1.165) is 25.2 Å². The molecule has 1 aromatic heterocycles. The van der Waals surface area contributed by atoms with Crippen molar-refractivity contribution >= 4 is 40.6 Å². The van der Waals surface area contributed by atoms with Crippen LogP contribution in [-0.4, -0.2) is 36.8 Å². The number of aromatic nitrogens is 1. The first-order valence-corrected chi connectivity index (χ1v) is 16.4. The molecule has 2 rings (SSSR count). The van der Waals surface area contributed by atoms with Gasteiger partial charge in [0, 0.05) is 0 Å². The molecule has 1 aliphatic rings. The topological polar surface area (TPSA) is 51.6 Å². The van der Waals surface area contributed by atoms with Gasteiger partial charge in [0.05, 0.1) is 0 Å². The second kappa shape index (κ2) is 15.9. The fraction of sp³-hybridized carbons (Fsp3) is 0.808. The molecule has 0 saturated heterocycles. The van der Waals surface area contributed by atoms with Crippen LogP contribution in [0, 0.1) is 0 Å². The summed E-state index contributed by atoms with van der Waals surface area (Å²) in [5.41, 5.74) is 1.76. The Morgan fingerprint density at radius 1 is 0.906 bits per heavy atom. The number of unbranched alkanes of at least 4 members (excludes halogenated alkanes) is 13. The van der Waals surface area contributed by atoms with Crippen LogP contribution in [0.25, 0.3) is 0 Å². The van der Waals surface area contributed by atoms with E-state index in [0.29, 0.717) is 6.61 Å². The average molecular weight is 626 g/mol. The summed E-state index contributed by atoms with van der Waals surface area (Å²) in [6.07, 6.45) is 19.6. The van der Waals surface area contributed by atoms with Crippen LogP contribution in [0.5, 0.6) is 5.75 Å². The molecule has 6 heteroatoms. The van der Waals surface area contributed by atoms with Crippen molar-refractivity contribution in [3.05, 3.63) is 15.7 Å². The van der Waals surface area contributed by atoms with Gasteiger partial charge in [-0.1, -0.05) is 26.2 Å². The first-order valence-electron chi connectivity index (χ1n) is 12.8.